The van der Waals surface area contributed by atoms with E-state index in [-0.39, 0.29) is 17.8 Å². The highest BCUT2D eigenvalue weighted by Crippen LogP contribution is 2.41. The van der Waals surface area contributed by atoms with E-state index < -0.39 is 11.9 Å². The number of alkyl halides is 3. The quantitative estimate of drug-likeness (QED) is 0.490. The molecule has 1 amide bonds. The molecule has 1 aromatic carbocycles. The van der Waals surface area contributed by atoms with Crippen molar-refractivity contribution in [3.63, 3.8) is 0 Å². The van der Waals surface area contributed by atoms with Crippen molar-refractivity contribution in [2.75, 3.05) is 12.3 Å². The maximum absolute atomic E-state index is 13.8. The largest absolute Gasteiger partial charge is 0.433 e. The summed E-state index contributed by atoms with van der Waals surface area (Å²) in [6.07, 6.45) is 0.0491. The Morgan fingerprint density at radius 2 is 1.97 bits per heavy atom. The van der Waals surface area contributed by atoms with Crippen molar-refractivity contribution < 1.29 is 18.0 Å². The molecule has 1 fully saturated rings. The molecule has 0 spiro atoms. The van der Waals surface area contributed by atoms with Gasteiger partial charge in [-0.1, -0.05) is 6.07 Å². The first-order valence-electron chi connectivity index (χ1n) is 11.1. The van der Waals surface area contributed by atoms with Gasteiger partial charge in [-0.3, -0.25) is 9.20 Å². The molecule has 0 aliphatic heterocycles. The fourth-order valence-corrected chi connectivity index (χ4v) is 4.73. The van der Waals surface area contributed by atoms with Crippen molar-refractivity contribution in [1.82, 2.24) is 29.5 Å². The van der Waals surface area contributed by atoms with Crippen molar-refractivity contribution >= 4 is 28.4 Å². The molecule has 0 saturated heterocycles. The molecule has 11 heteroatoms. The molecule has 6 rings (SSSR count). The number of aromatic nitrogens is 5. The molecule has 0 radical (unpaired) electrons. The number of hydrogen-bond donors (Lipinski definition) is 1. The van der Waals surface area contributed by atoms with E-state index in [0.717, 1.165) is 18.9 Å². The van der Waals surface area contributed by atoms with Gasteiger partial charge in [-0.2, -0.15) is 13.2 Å². The highest BCUT2D eigenvalue weighted by molar-refractivity contribution is 5.98. The third kappa shape index (κ3) is 3.42. The van der Waals surface area contributed by atoms with Gasteiger partial charge in [0.05, 0.1) is 17.1 Å². The molecule has 2 aliphatic carbocycles. The van der Waals surface area contributed by atoms with Crippen molar-refractivity contribution in [2.45, 2.75) is 37.9 Å². The van der Waals surface area contributed by atoms with Crippen LogP contribution in [0.15, 0.2) is 36.7 Å². The first kappa shape index (κ1) is 20.8. The summed E-state index contributed by atoms with van der Waals surface area (Å²) >= 11 is 0. The second-order valence-corrected chi connectivity index (χ2v) is 8.91. The molecule has 34 heavy (non-hydrogen) atoms. The fraction of sp³-hybridized carbons (Fsp3) is 0.348. The molecule has 8 nitrogen and oxygen atoms in total. The summed E-state index contributed by atoms with van der Waals surface area (Å²) in [5, 5.41) is 7.87. The Hall–Kier alpha value is -3.76. The van der Waals surface area contributed by atoms with Crippen LogP contribution in [0.5, 0.6) is 0 Å². The molecule has 1 saturated carbocycles. The Morgan fingerprint density at radius 3 is 2.74 bits per heavy atom. The smallest absolute Gasteiger partial charge is 0.381 e. The normalized spacial score (nSPS) is 17.9. The molecule has 2 aliphatic rings. The molecule has 2 N–H and O–H groups in total. The van der Waals surface area contributed by atoms with E-state index >= 15 is 0 Å². The minimum atomic E-state index is -4.49. The molecule has 3 aromatic heterocycles. The van der Waals surface area contributed by atoms with E-state index in [1.165, 1.54) is 12.4 Å². The van der Waals surface area contributed by atoms with Crippen molar-refractivity contribution in [2.24, 2.45) is 5.92 Å². The summed E-state index contributed by atoms with van der Waals surface area (Å²) in [5.74, 6) is 0.471. The first-order valence-corrected chi connectivity index (χ1v) is 11.1. The van der Waals surface area contributed by atoms with Crippen LogP contribution in [-0.4, -0.2) is 41.9 Å². The number of halogens is 3. The molecule has 0 bridgehead atoms. The van der Waals surface area contributed by atoms with E-state index in [2.05, 4.69) is 20.2 Å². The third-order valence-electron chi connectivity index (χ3n) is 6.60. The number of carbonyl (C=O) groups is 1. The summed E-state index contributed by atoms with van der Waals surface area (Å²) in [5.41, 5.74) is 8.28. The molecule has 1 unspecified atom stereocenters. The van der Waals surface area contributed by atoms with Crippen LogP contribution in [0.2, 0.25) is 0 Å². The van der Waals surface area contributed by atoms with Crippen LogP contribution >= 0.6 is 0 Å². The van der Waals surface area contributed by atoms with Crippen LogP contribution in [0.25, 0.3) is 16.7 Å². The summed E-state index contributed by atoms with van der Waals surface area (Å²) < 4.78 is 41.1. The van der Waals surface area contributed by atoms with E-state index in [0.29, 0.717) is 58.8 Å². The van der Waals surface area contributed by atoms with Gasteiger partial charge in [0.25, 0.3) is 5.91 Å². The number of nitrogens with zero attached hydrogens (tertiary/aromatic N) is 6. The Kier molecular flexibility index (Phi) is 4.51. The van der Waals surface area contributed by atoms with Crippen molar-refractivity contribution in [1.29, 1.82) is 0 Å². The van der Waals surface area contributed by atoms with E-state index in [9.17, 15) is 18.0 Å². The second-order valence-electron chi connectivity index (χ2n) is 8.91. The van der Waals surface area contributed by atoms with Gasteiger partial charge in [0, 0.05) is 17.8 Å². The molecule has 174 valence electrons. The molecule has 1 atom stereocenters. The summed E-state index contributed by atoms with van der Waals surface area (Å²) in [6, 6.07) is 7.34. The lowest BCUT2D eigenvalue weighted by Gasteiger charge is -2.30. The third-order valence-corrected chi connectivity index (χ3v) is 6.60. The lowest BCUT2D eigenvalue weighted by Crippen LogP contribution is -2.36. The maximum atomic E-state index is 13.8. The van der Waals surface area contributed by atoms with Gasteiger partial charge in [0.1, 0.15) is 12.0 Å². The van der Waals surface area contributed by atoms with E-state index in [4.69, 9.17) is 5.73 Å². The van der Waals surface area contributed by atoms with Crippen LogP contribution < -0.4 is 5.73 Å². The van der Waals surface area contributed by atoms with Crippen LogP contribution in [0.1, 0.15) is 52.6 Å². The number of hydrogen-bond acceptors (Lipinski definition) is 6. The number of rotatable bonds is 4. The lowest BCUT2D eigenvalue weighted by atomic mass is 10.1. The Bertz CT molecular complexity index is 1440. The molecule has 3 heterocycles. The van der Waals surface area contributed by atoms with Gasteiger partial charge in [0.15, 0.2) is 5.82 Å². The number of aryl methyl sites for hydroxylation is 1. The van der Waals surface area contributed by atoms with Crippen molar-refractivity contribution in [3.05, 3.63) is 59.2 Å². The SMILES string of the molecule is Nc1nc2ccc(C(=O)N(CC3CC3)C3CCc4nc(C(F)(F)F)ccc43)cc2n2cnnc12. The monoisotopic (exact) mass is 467 g/mol. The standard InChI is InChI=1S/C23H20F3N7O/c24-23(25,26)19-8-4-14-15(29-19)6-7-17(14)32(10-12-1-2-12)22(34)13-3-5-16-18(9-13)33-11-28-31-21(33)20(27)30-16/h3-5,8-9,11-12,17H,1-2,6-7,10H2,(H2,27,30). The zero-order valence-electron chi connectivity index (χ0n) is 18.0. The van der Waals surface area contributed by atoms with Crippen molar-refractivity contribution in [3.8, 4) is 0 Å². The van der Waals surface area contributed by atoms with Gasteiger partial charge in [0.2, 0.25) is 5.65 Å². The number of benzene rings is 1. The Labute approximate surface area is 191 Å². The zero-order chi connectivity index (χ0) is 23.6. The van der Waals surface area contributed by atoms with Gasteiger partial charge in [-0.25, -0.2) is 9.97 Å². The van der Waals surface area contributed by atoms with Gasteiger partial charge < -0.3 is 10.6 Å². The minimum absolute atomic E-state index is 0.176. The number of fused-ring (bicyclic) bond motifs is 4. The van der Waals surface area contributed by atoms with Gasteiger partial charge in [-0.05, 0) is 61.4 Å². The molecular formula is C23H20F3N7O. The summed E-state index contributed by atoms with van der Waals surface area (Å²) in [6.45, 7) is 0.560. The predicted molar refractivity (Wildman–Crippen MR) is 117 cm³/mol. The Balaban J connectivity index is 1.39. The lowest BCUT2D eigenvalue weighted by molar-refractivity contribution is -0.141. The number of nitrogens with two attached hydrogens (primary N) is 1. The summed E-state index contributed by atoms with van der Waals surface area (Å²) in [7, 11) is 0. The number of pyridine rings is 1. The fourth-order valence-electron chi connectivity index (χ4n) is 4.73. The first-order chi connectivity index (χ1) is 16.3. The number of carbonyl (C=O) groups excluding carboxylic acids is 1. The van der Waals surface area contributed by atoms with Gasteiger partial charge >= 0.3 is 6.18 Å². The second kappa shape index (κ2) is 7.37. The van der Waals surface area contributed by atoms with E-state index in [1.807, 2.05) is 0 Å². The average molecular weight is 467 g/mol. The number of anilines is 1. The topological polar surface area (TPSA) is 102 Å². The Morgan fingerprint density at radius 1 is 1.15 bits per heavy atom. The predicted octanol–water partition coefficient (Wildman–Crippen LogP) is 3.81. The molecule has 4 aromatic rings. The summed E-state index contributed by atoms with van der Waals surface area (Å²) in [4.78, 5) is 23.8. The average Bonchev–Trinajstić information content (AvgIpc) is 3.31. The van der Waals surface area contributed by atoms with E-state index in [1.54, 1.807) is 27.5 Å². The highest BCUT2D eigenvalue weighted by atomic mass is 19.4. The number of amides is 1. The number of nitrogen functional groups attached to an aromatic ring is 1. The van der Waals surface area contributed by atoms with Crippen LogP contribution in [0, 0.1) is 5.92 Å². The van der Waals surface area contributed by atoms with Crippen LogP contribution in [0.3, 0.4) is 0 Å². The minimum Gasteiger partial charge on any atom is -0.381 e. The highest BCUT2D eigenvalue weighted by Gasteiger charge is 2.39. The zero-order valence-corrected chi connectivity index (χ0v) is 18.0. The molecular weight excluding hydrogens is 447 g/mol. The van der Waals surface area contributed by atoms with Crippen LogP contribution in [-0.2, 0) is 12.6 Å². The van der Waals surface area contributed by atoms with Crippen LogP contribution in [0.4, 0.5) is 19.0 Å². The maximum Gasteiger partial charge on any atom is 0.433 e. The van der Waals surface area contributed by atoms with Gasteiger partial charge in [-0.15, -0.1) is 10.2 Å².